The van der Waals surface area contributed by atoms with Crippen LogP contribution in [0.3, 0.4) is 0 Å². The summed E-state index contributed by atoms with van der Waals surface area (Å²) in [6.07, 6.45) is 0. The van der Waals surface area contributed by atoms with Gasteiger partial charge in [0.05, 0.1) is 13.2 Å². The number of likely N-dealkylation sites (N-methyl/N-ethyl adjacent to an activating group) is 1. The van der Waals surface area contributed by atoms with Gasteiger partial charge in [0.1, 0.15) is 34.9 Å². The van der Waals surface area contributed by atoms with Crippen molar-refractivity contribution in [3.05, 3.63) is 56.8 Å². The van der Waals surface area contributed by atoms with E-state index in [0.29, 0.717) is 42.1 Å². The van der Waals surface area contributed by atoms with Crippen molar-refractivity contribution in [1.29, 1.82) is 0 Å². The predicted octanol–water partition coefficient (Wildman–Crippen LogP) is 3.17. The molecule has 0 atom stereocenters. The van der Waals surface area contributed by atoms with Crippen LogP contribution in [0, 0.1) is 6.92 Å². The van der Waals surface area contributed by atoms with Crippen molar-refractivity contribution in [2.75, 3.05) is 26.8 Å². The summed E-state index contributed by atoms with van der Waals surface area (Å²) in [5, 5.41) is 0.721. The van der Waals surface area contributed by atoms with Crippen molar-refractivity contribution >= 4 is 28.7 Å². The number of rotatable bonds is 8. The summed E-state index contributed by atoms with van der Waals surface area (Å²) in [6, 6.07) is 7.18. The molecule has 3 aromatic rings. The molecule has 2 aromatic heterocycles. The smallest absolute Gasteiger partial charge is 0.342 e. The van der Waals surface area contributed by atoms with Gasteiger partial charge in [-0.15, -0.1) is 0 Å². The van der Waals surface area contributed by atoms with E-state index in [9.17, 15) is 9.59 Å². The van der Waals surface area contributed by atoms with Crippen LogP contribution in [0.25, 0.3) is 11.1 Å². The summed E-state index contributed by atoms with van der Waals surface area (Å²) in [5.41, 5.74) is -0.202. The molecular weight excluding hydrogens is 398 g/mol. The second-order valence-corrected chi connectivity index (χ2v) is 6.93. The van der Waals surface area contributed by atoms with Crippen molar-refractivity contribution in [3.63, 3.8) is 0 Å². The molecule has 3 rings (SSSR count). The number of aromatic nitrogens is 2. The molecule has 9 heteroatoms. The maximum absolute atomic E-state index is 12.5. The van der Waals surface area contributed by atoms with Crippen molar-refractivity contribution in [3.8, 4) is 5.75 Å². The lowest BCUT2D eigenvalue weighted by atomic mass is 10.2. The number of halogens is 1. The van der Waals surface area contributed by atoms with E-state index in [1.54, 1.807) is 26.0 Å². The molecule has 0 saturated carbocycles. The number of fused-ring (bicyclic) bond motifs is 1. The molecule has 0 aliphatic heterocycles. The Morgan fingerprint density at radius 3 is 2.90 bits per heavy atom. The number of ether oxygens (including phenoxy) is 2. The number of hydrogen-bond donors (Lipinski definition) is 1. The first-order valence-corrected chi connectivity index (χ1v) is 9.53. The van der Waals surface area contributed by atoms with Crippen LogP contribution in [0.1, 0.15) is 28.9 Å². The van der Waals surface area contributed by atoms with Gasteiger partial charge >= 0.3 is 5.97 Å². The van der Waals surface area contributed by atoms with E-state index < -0.39 is 11.5 Å². The number of esters is 1. The summed E-state index contributed by atoms with van der Waals surface area (Å²) in [6.45, 7) is 4.92. The van der Waals surface area contributed by atoms with Gasteiger partial charge in [0.15, 0.2) is 0 Å². The fraction of sp³-hybridized carbons (Fsp3) is 0.350. The molecule has 0 spiro atoms. The molecule has 154 valence electrons. The van der Waals surface area contributed by atoms with E-state index in [-0.39, 0.29) is 23.3 Å². The molecule has 0 fully saturated rings. The number of aryl methyl sites for hydroxylation is 1. The van der Waals surface area contributed by atoms with Gasteiger partial charge in [-0.2, -0.15) is 4.98 Å². The summed E-state index contributed by atoms with van der Waals surface area (Å²) in [4.78, 5) is 33.7. The Hall–Kier alpha value is -2.84. The quantitative estimate of drug-likeness (QED) is 0.560. The third-order valence-electron chi connectivity index (χ3n) is 4.22. The fourth-order valence-corrected chi connectivity index (χ4v) is 3.08. The number of aromatic amines is 1. The zero-order valence-electron chi connectivity index (χ0n) is 16.5. The number of benzene rings is 1. The minimum atomic E-state index is -0.598. The molecular formula is C20H22ClN3O5. The summed E-state index contributed by atoms with van der Waals surface area (Å²) in [7, 11) is 1.88. The Bertz CT molecular complexity index is 1080. The highest BCUT2D eigenvalue weighted by Crippen LogP contribution is 2.22. The van der Waals surface area contributed by atoms with Crippen LogP contribution >= 0.6 is 11.6 Å². The lowest BCUT2D eigenvalue weighted by Crippen LogP contribution is -2.26. The molecule has 1 N–H and O–H groups in total. The van der Waals surface area contributed by atoms with Gasteiger partial charge < -0.3 is 18.9 Å². The van der Waals surface area contributed by atoms with Gasteiger partial charge in [-0.25, -0.2) is 4.79 Å². The van der Waals surface area contributed by atoms with E-state index >= 15 is 0 Å². The minimum Gasteiger partial charge on any atom is -0.492 e. The highest BCUT2D eigenvalue weighted by Gasteiger charge is 2.23. The first kappa shape index (κ1) is 20.9. The first-order chi connectivity index (χ1) is 13.9. The number of hydrogen-bond acceptors (Lipinski definition) is 7. The van der Waals surface area contributed by atoms with Gasteiger partial charge in [-0.1, -0.05) is 17.7 Å². The summed E-state index contributed by atoms with van der Waals surface area (Å²) < 4.78 is 16.2. The summed E-state index contributed by atoms with van der Waals surface area (Å²) in [5.74, 6) is 0.823. The molecule has 8 nitrogen and oxygen atoms in total. The molecule has 0 radical (unpaired) electrons. The molecule has 0 saturated heterocycles. The molecule has 0 aliphatic carbocycles. The number of carbonyl (C=O) groups excluding carboxylic acids is 1. The van der Waals surface area contributed by atoms with E-state index in [1.807, 2.05) is 24.1 Å². The second kappa shape index (κ2) is 9.11. The Labute approximate surface area is 172 Å². The molecule has 0 bridgehead atoms. The van der Waals surface area contributed by atoms with Gasteiger partial charge in [0, 0.05) is 11.6 Å². The Balaban J connectivity index is 1.68. The largest absolute Gasteiger partial charge is 0.492 e. The standard InChI is InChI=1S/C20H22ClN3O5/c1-4-27-20(26)16-12(2)29-19-17(16)18(25)22-15(23-19)11-24(3)8-9-28-14-7-5-6-13(21)10-14/h5-7,10H,4,8-9,11H2,1-3H3,(H,22,23,25). The molecule has 0 aliphatic rings. The highest BCUT2D eigenvalue weighted by atomic mass is 35.5. The number of H-pyrrole nitrogens is 1. The van der Waals surface area contributed by atoms with Crippen LogP contribution in [0.4, 0.5) is 0 Å². The van der Waals surface area contributed by atoms with Gasteiger partial charge in [0.25, 0.3) is 5.56 Å². The maximum atomic E-state index is 12.5. The topological polar surface area (TPSA) is 97.7 Å². The van der Waals surface area contributed by atoms with Crippen molar-refractivity contribution in [2.45, 2.75) is 20.4 Å². The third kappa shape index (κ3) is 4.96. The fourth-order valence-electron chi connectivity index (χ4n) is 2.90. The molecule has 0 unspecified atom stereocenters. The van der Waals surface area contributed by atoms with Crippen molar-refractivity contribution in [2.24, 2.45) is 0 Å². The molecule has 0 amide bonds. The monoisotopic (exact) mass is 419 g/mol. The van der Waals surface area contributed by atoms with Crippen LogP contribution < -0.4 is 10.3 Å². The third-order valence-corrected chi connectivity index (χ3v) is 4.46. The van der Waals surface area contributed by atoms with Crippen LogP contribution in [0.5, 0.6) is 5.75 Å². The number of nitrogens with zero attached hydrogens (tertiary/aromatic N) is 2. The van der Waals surface area contributed by atoms with Crippen LogP contribution in [0.2, 0.25) is 5.02 Å². The van der Waals surface area contributed by atoms with E-state index in [1.165, 1.54) is 0 Å². The van der Waals surface area contributed by atoms with Gasteiger partial charge in [-0.05, 0) is 39.1 Å². The molecule has 29 heavy (non-hydrogen) atoms. The van der Waals surface area contributed by atoms with Gasteiger partial charge in [0.2, 0.25) is 5.71 Å². The average Bonchev–Trinajstić information content (AvgIpc) is 2.98. The second-order valence-electron chi connectivity index (χ2n) is 6.49. The minimum absolute atomic E-state index is 0.108. The average molecular weight is 420 g/mol. The highest BCUT2D eigenvalue weighted by molar-refractivity contribution is 6.30. The van der Waals surface area contributed by atoms with Crippen LogP contribution in [-0.4, -0.2) is 47.6 Å². The van der Waals surface area contributed by atoms with Crippen LogP contribution in [0.15, 0.2) is 33.5 Å². The number of nitrogens with one attached hydrogen (secondary N) is 1. The van der Waals surface area contributed by atoms with E-state index in [4.69, 9.17) is 25.5 Å². The number of furan rings is 1. The number of carbonyl (C=O) groups is 1. The first-order valence-electron chi connectivity index (χ1n) is 9.15. The Morgan fingerprint density at radius 1 is 1.38 bits per heavy atom. The predicted molar refractivity (Wildman–Crippen MR) is 109 cm³/mol. The van der Waals surface area contributed by atoms with Crippen molar-refractivity contribution in [1.82, 2.24) is 14.9 Å². The zero-order chi connectivity index (χ0) is 21.0. The Morgan fingerprint density at radius 2 is 2.17 bits per heavy atom. The molecule has 2 heterocycles. The SMILES string of the molecule is CCOC(=O)c1c(C)oc2nc(CN(C)CCOc3cccc(Cl)c3)[nH]c(=O)c12. The van der Waals surface area contributed by atoms with Gasteiger partial charge in [-0.3, -0.25) is 9.69 Å². The van der Waals surface area contributed by atoms with E-state index in [2.05, 4.69) is 9.97 Å². The zero-order valence-corrected chi connectivity index (χ0v) is 17.2. The van der Waals surface area contributed by atoms with Crippen LogP contribution in [-0.2, 0) is 11.3 Å². The molecule has 1 aromatic carbocycles. The maximum Gasteiger partial charge on any atom is 0.342 e. The normalized spacial score (nSPS) is 11.2. The lowest BCUT2D eigenvalue weighted by Gasteiger charge is -2.16. The van der Waals surface area contributed by atoms with Crippen molar-refractivity contribution < 1.29 is 18.7 Å². The lowest BCUT2D eigenvalue weighted by molar-refractivity contribution is 0.0526. The summed E-state index contributed by atoms with van der Waals surface area (Å²) >= 11 is 5.94. The Kier molecular flexibility index (Phi) is 6.56. The van der Waals surface area contributed by atoms with E-state index in [0.717, 1.165) is 0 Å².